The maximum absolute atomic E-state index is 11.6. The normalized spacial score (nSPS) is 11.4. The molecule has 1 aromatic rings. The zero-order chi connectivity index (χ0) is 18.9. The molecule has 0 spiro atoms. The van der Waals surface area contributed by atoms with E-state index in [2.05, 4.69) is 10.6 Å². The molecule has 0 heterocycles. The molecule has 0 radical (unpaired) electrons. The van der Waals surface area contributed by atoms with Gasteiger partial charge in [0.1, 0.15) is 11.6 Å². The lowest BCUT2D eigenvalue weighted by atomic mass is 10.1. The fourth-order valence-electron chi connectivity index (χ4n) is 1.76. The predicted molar refractivity (Wildman–Crippen MR) is 88.5 cm³/mol. The molecular formula is C15H18N4O5S. The second kappa shape index (κ2) is 9.41. The maximum atomic E-state index is 11.6. The van der Waals surface area contributed by atoms with Crippen LogP contribution in [0.2, 0.25) is 0 Å². The lowest BCUT2D eigenvalue weighted by Crippen LogP contribution is -2.28. The van der Waals surface area contributed by atoms with Gasteiger partial charge in [0.2, 0.25) is 10.0 Å². The first-order chi connectivity index (χ1) is 11.7. The minimum absolute atomic E-state index is 0.0221. The number of aliphatic carboxylic acids is 1. The molecule has 0 aliphatic carbocycles. The molecule has 0 aliphatic rings. The Morgan fingerprint density at radius 1 is 1.24 bits per heavy atom. The molecule has 1 amide bonds. The highest BCUT2D eigenvalue weighted by molar-refractivity contribution is 7.89. The number of nitriles is 1. The van der Waals surface area contributed by atoms with E-state index < -0.39 is 21.9 Å². The summed E-state index contributed by atoms with van der Waals surface area (Å²) in [6, 6.07) is 7.76. The van der Waals surface area contributed by atoms with Crippen LogP contribution < -0.4 is 15.8 Å². The number of rotatable bonds is 9. The standard InChI is InChI=1S/C15H18N4O5S/c16-9-12(15(22)19-8-6-14(20)21)10-18-7-5-11-1-3-13(4-2-11)25(17,23)24/h1-4,10,18H,5-8H2,(H,19,22)(H,20,21)(H2,17,23,24)/b12-10-. The van der Waals surface area contributed by atoms with Gasteiger partial charge in [0.15, 0.2) is 0 Å². The van der Waals surface area contributed by atoms with Crippen LogP contribution in [0.4, 0.5) is 0 Å². The zero-order valence-electron chi connectivity index (χ0n) is 13.2. The lowest BCUT2D eigenvalue weighted by Gasteiger charge is -2.05. The summed E-state index contributed by atoms with van der Waals surface area (Å²) in [5.41, 5.74) is 0.674. The number of hydrogen-bond acceptors (Lipinski definition) is 6. The third kappa shape index (κ3) is 7.47. The van der Waals surface area contributed by atoms with Gasteiger partial charge >= 0.3 is 5.97 Å². The number of nitrogens with zero attached hydrogens (tertiary/aromatic N) is 1. The van der Waals surface area contributed by atoms with Gasteiger partial charge in [-0.05, 0) is 24.1 Å². The number of nitrogens with one attached hydrogen (secondary N) is 2. The molecule has 10 heteroatoms. The molecular weight excluding hydrogens is 348 g/mol. The van der Waals surface area contributed by atoms with Crippen LogP contribution in [0.15, 0.2) is 40.9 Å². The largest absolute Gasteiger partial charge is 0.481 e. The van der Waals surface area contributed by atoms with Gasteiger partial charge in [-0.1, -0.05) is 12.1 Å². The van der Waals surface area contributed by atoms with E-state index in [1.807, 2.05) is 0 Å². The molecule has 0 aliphatic heterocycles. The van der Waals surface area contributed by atoms with Gasteiger partial charge in [0.05, 0.1) is 11.3 Å². The number of benzene rings is 1. The van der Waals surface area contributed by atoms with Gasteiger partial charge in [-0.3, -0.25) is 9.59 Å². The van der Waals surface area contributed by atoms with Gasteiger partial charge in [0.25, 0.3) is 5.91 Å². The van der Waals surface area contributed by atoms with Gasteiger partial charge < -0.3 is 15.7 Å². The van der Waals surface area contributed by atoms with Crippen molar-refractivity contribution >= 4 is 21.9 Å². The summed E-state index contributed by atoms with van der Waals surface area (Å²) in [4.78, 5) is 22.0. The Morgan fingerprint density at radius 3 is 2.40 bits per heavy atom. The highest BCUT2D eigenvalue weighted by Gasteiger charge is 2.09. The number of carboxylic acid groups (broad SMARTS) is 1. The molecule has 0 saturated heterocycles. The van der Waals surface area contributed by atoms with Crippen molar-refractivity contribution in [3.8, 4) is 6.07 Å². The first-order valence-corrected chi connectivity index (χ1v) is 8.74. The van der Waals surface area contributed by atoms with Crippen molar-refractivity contribution in [2.45, 2.75) is 17.7 Å². The van der Waals surface area contributed by atoms with E-state index in [-0.39, 0.29) is 23.4 Å². The molecule has 9 nitrogen and oxygen atoms in total. The first-order valence-electron chi connectivity index (χ1n) is 7.19. The smallest absolute Gasteiger partial charge is 0.305 e. The van der Waals surface area contributed by atoms with Crippen molar-refractivity contribution in [2.24, 2.45) is 5.14 Å². The molecule has 5 N–H and O–H groups in total. The van der Waals surface area contributed by atoms with Crippen LogP contribution in [0.3, 0.4) is 0 Å². The van der Waals surface area contributed by atoms with Crippen LogP contribution in [0.25, 0.3) is 0 Å². The van der Waals surface area contributed by atoms with Crippen molar-refractivity contribution in [1.82, 2.24) is 10.6 Å². The van der Waals surface area contributed by atoms with Gasteiger partial charge in [-0.2, -0.15) is 5.26 Å². The first kappa shape index (κ1) is 20.1. The number of hydrogen-bond donors (Lipinski definition) is 4. The molecule has 0 unspecified atom stereocenters. The van der Waals surface area contributed by atoms with Gasteiger partial charge in [0, 0.05) is 19.3 Å². The second-order valence-electron chi connectivity index (χ2n) is 4.96. The van der Waals surface area contributed by atoms with Crippen LogP contribution in [0.1, 0.15) is 12.0 Å². The van der Waals surface area contributed by atoms with Crippen molar-refractivity contribution in [1.29, 1.82) is 5.26 Å². The number of carboxylic acids is 1. The van der Waals surface area contributed by atoms with Crippen LogP contribution in [0, 0.1) is 11.3 Å². The molecule has 25 heavy (non-hydrogen) atoms. The number of carbonyl (C=O) groups excluding carboxylic acids is 1. The number of nitrogens with two attached hydrogens (primary N) is 1. The second-order valence-corrected chi connectivity index (χ2v) is 6.52. The summed E-state index contributed by atoms with van der Waals surface area (Å²) in [5, 5.41) is 27.5. The van der Waals surface area contributed by atoms with E-state index in [0.717, 1.165) is 5.56 Å². The Kier molecular flexibility index (Phi) is 7.58. The van der Waals surface area contributed by atoms with Crippen molar-refractivity contribution in [3.05, 3.63) is 41.6 Å². The van der Waals surface area contributed by atoms with Crippen LogP contribution in [-0.4, -0.2) is 38.5 Å². The topological polar surface area (TPSA) is 162 Å². The Bertz CT molecular complexity index is 794. The Balaban J connectivity index is 2.48. The maximum Gasteiger partial charge on any atom is 0.305 e. The summed E-state index contributed by atoms with van der Waals surface area (Å²) < 4.78 is 22.3. The average Bonchev–Trinajstić information content (AvgIpc) is 2.54. The fourth-order valence-corrected chi connectivity index (χ4v) is 2.28. The fraction of sp³-hybridized carbons (Fsp3) is 0.267. The summed E-state index contributed by atoms with van der Waals surface area (Å²) in [6.07, 6.45) is 1.54. The number of sulfonamides is 1. The Hall–Kier alpha value is -2.90. The number of primary sulfonamides is 1. The molecule has 0 aromatic heterocycles. The molecule has 0 saturated carbocycles. The van der Waals surface area contributed by atoms with E-state index in [0.29, 0.717) is 13.0 Å². The molecule has 0 atom stereocenters. The van der Waals surface area contributed by atoms with E-state index in [1.165, 1.54) is 18.3 Å². The van der Waals surface area contributed by atoms with E-state index in [1.54, 1.807) is 18.2 Å². The summed E-state index contributed by atoms with van der Waals surface area (Å²) in [5.74, 6) is -1.71. The summed E-state index contributed by atoms with van der Waals surface area (Å²) in [7, 11) is -3.72. The summed E-state index contributed by atoms with van der Waals surface area (Å²) >= 11 is 0. The molecule has 1 aromatic carbocycles. The molecule has 134 valence electrons. The molecule has 0 fully saturated rings. The highest BCUT2D eigenvalue weighted by atomic mass is 32.2. The van der Waals surface area contributed by atoms with E-state index >= 15 is 0 Å². The van der Waals surface area contributed by atoms with Crippen molar-refractivity contribution in [2.75, 3.05) is 13.1 Å². The SMILES string of the molecule is N#C/C(=C/NCCc1ccc(S(N)(=O)=O)cc1)C(=O)NCCC(=O)O. The van der Waals surface area contributed by atoms with Crippen LogP contribution in [-0.2, 0) is 26.0 Å². The van der Waals surface area contributed by atoms with Crippen molar-refractivity contribution in [3.63, 3.8) is 0 Å². The summed E-state index contributed by atoms with van der Waals surface area (Å²) in [6.45, 7) is 0.339. The van der Waals surface area contributed by atoms with Crippen LogP contribution >= 0.6 is 0 Å². The molecule has 0 bridgehead atoms. The Labute approximate surface area is 145 Å². The van der Waals surface area contributed by atoms with E-state index in [4.69, 9.17) is 15.5 Å². The minimum Gasteiger partial charge on any atom is -0.481 e. The van der Waals surface area contributed by atoms with Crippen molar-refractivity contribution < 1.29 is 23.1 Å². The average molecular weight is 366 g/mol. The third-order valence-corrected chi connectivity index (χ3v) is 3.98. The highest BCUT2D eigenvalue weighted by Crippen LogP contribution is 2.08. The minimum atomic E-state index is -3.72. The quantitative estimate of drug-likeness (QED) is 0.259. The zero-order valence-corrected chi connectivity index (χ0v) is 14.0. The van der Waals surface area contributed by atoms with Gasteiger partial charge in [-0.25, -0.2) is 13.6 Å². The van der Waals surface area contributed by atoms with Crippen LogP contribution in [0.5, 0.6) is 0 Å². The lowest BCUT2D eigenvalue weighted by molar-refractivity contribution is -0.136. The molecule has 1 rings (SSSR count). The number of amides is 1. The van der Waals surface area contributed by atoms with E-state index in [9.17, 15) is 18.0 Å². The predicted octanol–water partition coefficient (Wildman–Crippen LogP) is -0.536. The van der Waals surface area contributed by atoms with Gasteiger partial charge in [-0.15, -0.1) is 0 Å². The number of carbonyl (C=O) groups is 2. The third-order valence-electron chi connectivity index (χ3n) is 3.05. The Morgan fingerprint density at radius 2 is 1.88 bits per heavy atom. The monoisotopic (exact) mass is 366 g/mol.